The number of halogens is 3. The van der Waals surface area contributed by atoms with E-state index in [0.29, 0.717) is 19.6 Å². The molecule has 0 aliphatic carbocycles. The molecule has 1 aromatic rings. The number of likely N-dealkylation sites (tertiary alicyclic amines) is 1. The molecule has 24 heavy (non-hydrogen) atoms. The minimum Gasteiger partial charge on any atom is -0.365 e. The van der Waals surface area contributed by atoms with Gasteiger partial charge in [-0.15, -0.1) is 0 Å². The molecule has 132 valence electrons. The van der Waals surface area contributed by atoms with E-state index in [1.807, 2.05) is 0 Å². The van der Waals surface area contributed by atoms with E-state index in [9.17, 15) is 18.0 Å². The van der Waals surface area contributed by atoms with Crippen LogP contribution < -0.4 is 4.90 Å². The molecule has 0 radical (unpaired) electrons. The third kappa shape index (κ3) is 3.61. The predicted octanol–water partition coefficient (Wildman–Crippen LogP) is 1.63. The lowest BCUT2D eigenvalue weighted by atomic mass is 10.2. The predicted molar refractivity (Wildman–Crippen MR) is 79.5 cm³/mol. The number of morpholine rings is 1. The number of ether oxygens (including phenoxy) is 1. The Kier molecular flexibility index (Phi) is 4.62. The van der Waals surface area contributed by atoms with E-state index >= 15 is 0 Å². The maximum Gasteiger partial charge on any atom is 0.433 e. The molecule has 1 aromatic heterocycles. The van der Waals surface area contributed by atoms with Crippen LogP contribution in [0.5, 0.6) is 0 Å². The van der Waals surface area contributed by atoms with Crippen LogP contribution in [0.1, 0.15) is 24.4 Å². The minimum atomic E-state index is -4.53. The molecule has 0 N–H and O–H groups in total. The van der Waals surface area contributed by atoms with Gasteiger partial charge in [-0.05, 0) is 19.8 Å². The van der Waals surface area contributed by atoms with Crippen molar-refractivity contribution in [3.05, 3.63) is 17.6 Å². The molecule has 1 amide bonds. The summed E-state index contributed by atoms with van der Waals surface area (Å²) in [6.07, 6.45) is -3.24. The lowest BCUT2D eigenvalue weighted by Gasteiger charge is -2.34. The van der Waals surface area contributed by atoms with Gasteiger partial charge in [0.2, 0.25) is 0 Å². The molecule has 3 rings (SSSR count). The largest absolute Gasteiger partial charge is 0.433 e. The fourth-order valence-corrected chi connectivity index (χ4v) is 3.01. The first-order valence-electron chi connectivity index (χ1n) is 7.93. The van der Waals surface area contributed by atoms with E-state index in [-0.39, 0.29) is 30.7 Å². The number of nitrogens with zero attached hydrogens (tertiary/aromatic N) is 4. The normalized spacial score (nSPS) is 22.1. The number of hydrogen-bond donors (Lipinski definition) is 0. The molecule has 2 aliphatic heterocycles. The SMILES string of the molecule is Cc1nc(N2CCOC(C(=O)N3CCCC3)C2)cc(C(F)(F)F)n1. The monoisotopic (exact) mass is 344 g/mol. The summed E-state index contributed by atoms with van der Waals surface area (Å²) in [5.41, 5.74) is -0.973. The fourth-order valence-electron chi connectivity index (χ4n) is 3.01. The molecule has 2 saturated heterocycles. The highest BCUT2D eigenvalue weighted by atomic mass is 19.4. The number of alkyl halides is 3. The Morgan fingerprint density at radius 1 is 1.25 bits per heavy atom. The van der Waals surface area contributed by atoms with Crippen molar-refractivity contribution in [3.8, 4) is 0 Å². The van der Waals surface area contributed by atoms with Crippen molar-refractivity contribution >= 4 is 11.7 Å². The lowest BCUT2D eigenvalue weighted by Crippen LogP contribution is -2.50. The van der Waals surface area contributed by atoms with Crippen LogP contribution in [-0.2, 0) is 15.7 Å². The first kappa shape index (κ1) is 16.9. The molecule has 3 heterocycles. The molecule has 6 nitrogen and oxygen atoms in total. The Morgan fingerprint density at radius 3 is 2.62 bits per heavy atom. The summed E-state index contributed by atoms with van der Waals surface area (Å²) < 4.78 is 44.3. The summed E-state index contributed by atoms with van der Waals surface area (Å²) in [6, 6.07) is 0.926. The number of hydrogen-bond acceptors (Lipinski definition) is 5. The molecule has 2 aliphatic rings. The summed E-state index contributed by atoms with van der Waals surface area (Å²) in [6.45, 7) is 3.70. The second-order valence-electron chi connectivity index (χ2n) is 5.99. The van der Waals surface area contributed by atoms with Gasteiger partial charge >= 0.3 is 6.18 Å². The molecule has 1 atom stereocenters. The topological polar surface area (TPSA) is 58.6 Å². The summed E-state index contributed by atoms with van der Waals surface area (Å²) in [7, 11) is 0. The number of aromatic nitrogens is 2. The van der Waals surface area contributed by atoms with E-state index < -0.39 is 18.0 Å². The van der Waals surface area contributed by atoms with Crippen molar-refractivity contribution < 1.29 is 22.7 Å². The zero-order valence-corrected chi connectivity index (χ0v) is 13.3. The van der Waals surface area contributed by atoms with Gasteiger partial charge in [0.15, 0.2) is 6.10 Å². The van der Waals surface area contributed by atoms with Crippen molar-refractivity contribution in [1.82, 2.24) is 14.9 Å². The van der Waals surface area contributed by atoms with Gasteiger partial charge in [-0.1, -0.05) is 0 Å². The number of anilines is 1. The van der Waals surface area contributed by atoms with Crippen molar-refractivity contribution in [1.29, 1.82) is 0 Å². The van der Waals surface area contributed by atoms with Crippen LogP contribution in [0.15, 0.2) is 6.07 Å². The summed E-state index contributed by atoms with van der Waals surface area (Å²) in [4.78, 5) is 23.4. The number of amides is 1. The number of carbonyl (C=O) groups excluding carboxylic acids is 1. The molecule has 2 fully saturated rings. The molecular formula is C15H19F3N4O2. The van der Waals surface area contributed by atoms with Gasteiger partial charge in [-0.2, -0.15) is 13.2 Å². The van der Waals surface area contributed by atoms with Crippen LogP contribution in [0, 0.1) is 6.92 Å². The highest BCUT2D eigenvalue weighted by molar-refractivity contribution is 5.82. The first-order valence-corrected chi connectivity index (χ1v) is 7.93. The maximum absolute atomic E-state index is 12.9. The average Bonchev–Trinajstić information content (AvgIpc) is 3.07. The van der Waals surface area contributed by atoms with Crippen molar-refractivity contribution in [2.24, 2.45) is 0 Å². The van der Waals surface area contributed by atoms with Crippen molar-refractivity contribution in [2.45, 2.75) is 32.0 Å². The second-order valence-corrected chi connectivity index (χ2v) is 5.99. The molecule has 0 spiro atoms. The van der Waals surface area contributed by atoms with Crippen LogP contribution in [0.4, 0.5) is 19.0 Å². The molecular weight excluding hydrogens is 325 g/mol. The zero-order chi connectivity index (χ0) is 17.3. The summed E-state index contributed by atoms with van der Waals surface area (Å²) in [5.74, 6) is 0.130. The van der Waals surface area contributed by atoms with Crippen LogP contribution in [0.2, 0.25) is 0 Å². The number of aryl methyl sites for hydroxylation is 1. The van der Waals surface area contributed by atoms with E-state index in [1.54, 1.807) is 9.80 Å². The highest BCUT2D eigenvalue weighted by Gasteiger charge is 2.36. The Bertz CT molecular complexity index is 617. The van der Waals surface area contributed by atoms with Crippen molar-refractivity contribution in [2.75, 3.05) is 37.7 Å². The molecule has 1 unspecified atom stereocenters. The van der Waals surface area contributed by atoms with Crippen LogP contribution in [-0.4, -0.2) is 59.7 Å². The van der Waals surface area contributed by atoms with E-state index in [4.69, 9.17) is 4.74 Å². The summed E-state index contributed by atoms with van der Waals surface area (Å²) in [5, 5.41) is 0. The number of carbonyl (C=O) groups is 1. The minimum absolute atomic E-state index is 0.0498. The Morgan fingerprint density at radius 2 is 1.96 bits per heavy atom. The van der Waals surface area contributed by atoms with Crippen LogP contribution in [0.3, 0.4) is 0 Å². The second kappa shape index (κ2) is 6.54. The zero-order valence-electron chi connectivity index (χ0n) is 13.3. The lowest BCUT2D eigenvalue weighted by molar-refractivity contribution is -0.143. The van der Waals surface area contributed by atoms with Gasteiger partial charge in [0.05, 0.1) is 13.2 Å². The Balaban J connectivity index is 1.77. The fraction of sp³-hybridized carbons (Fsp3) is 0.667. The number of rotatable bonds is 2. The quantitative estimate of drug-likeness (QED) is 0.816. The van der Waals surface area contributed by atoms with Gasteiger partial charge in [0.1, 0.15) is 17.3 Å². The standard InChI is InChI=1S/C15H19F3N4O2/c1-10-19-12(15(16,17)18)8-13(20-10)22-6-7-24-11(9-22)14(23)21-4-2-3-5-21/h8,11H,2-7,9H2,1H3. The van der Waals surface area contributed by atoms with Gasteiger partial charge in [0, 0.05) is 25.7 Å². The van der Waals surface area contributed by atoms with E-state index in [2.05, 4.69) is 9.97 Å². The van der Waals surface area contributed by atoms with Crippen LogP contribution >= 0.6 is 0 Å². The van der Waals surface area contributed by atoms with E-state index in [1.165, 1.54) is 6.92 Å². The first-order chi connectivity index (χ1) is 11.3. The van der Waals surface area contributed by atoms with Crippen molar-refractivity contribution in [3.63, 3.8) is 0 Å². The molecule has 0 bridgehead atoms. The Labute approximate surface area is 137 Å². The van der Waals surface area contributed by atoms with Gasteiger partial charge in [0.25, 0.3) is 5.91 Å². The molecule has 0 saturated carbocycles. The smallest absolute Gasteiger partial charge is 0.365 e. The van der Waals surface area contributed by atoms with E-state index in [0.717, 1.165) is 18.9 Å². The molecule has 0 aromatic carbocycles. The van der Waals surface area contributed by atoms with Crippen LogP contribution in [0.25, 0.3) is 0 Å². The summed E-state index contributed by atoms with van der Waals surface area (Å²) >= 11 is 0. The maximum atomic E-state index is 12.9. The highest BCUT2D eigenvalue weighted by Crippen LogP contribution is 2.30. The third-order valence-electron chi connectivity index (χ3n) is 4.20. The van der Waals surface area contributed by atoms with Gasteiger partial charge in [-0.3, -0.25) is 4.79 Å². The average molecular weight is 344 g/mol. The Hall–Kier alpha value is -1.90. The van der Waals surface area contributed by atoms with Gasteiger partial charge < -0.3 is 14.5 Å². The third-order valence-corrected chi connectivity index (χ3v) is 4.20. The van der Waals surface area contributed by atoms with Gasteiger partial charge in [-0.25, -0.2) is 9.97 Å². The molecule has 9 heteroatoms.